The highest BCUT2D eigenvalue weighted by Crippen LogP contribution is 2.54. The Balaban J connectivity index is 1.77. The molecule has 1 unspecified atom stereocenters. The third kappa shape index (κ3) is 1.14. The molecule has 1 aliphatic carbocycles. The van der Waals surface area contributed by atoms with E-state index in [0.29, 0.717) is 19.3 Å². The number of carbonyl (C=O) groups is 1. The van der Waals surface area contributed by atoms with Gasteiger partial charge in [0.1, 0.15) is 0 Å². The summed E-state index contributed by atoms with van der Waals surface area (Å²) in [6.45, 7) is 2.23. The van der Waals surface area contributed by atoms with Crippen LogP contribution in [0.1, 0.15) is 24.0 Å². The van der Waals surface area contributed by atoms with Gasteiger partial charge in [-0.2, -0.15) is 0 Å². The summed E-state index contributed by atoms with van der Waals surface area (Å²) in [7, 11) is 0. The Morgan fingerprint density at radius 2 is 2.25 bits per heavy atom. The fraction of sp³-hybridized carbons (Fsp3) is 0.438. The van der Waals surface area contributed by atoms with Gasteiger partial charge in [-0.15, -0.1) is 0 Å². The van der Waals surface area contributed by atoms with E-state index in [0.717, 1.165) is 31.0 Å². The molecule has 2 bridgehead atoms. The maximum Gasteiger partial charge on any atom is 0.231 e. The molecule has 4 nitrogen and oxygen atoms in total. The standard InChI is InChI=1S/C16H15NO3/c18-10-3-4-16-5-6-17(14(16)7-10)8-11-12(16)1-2-13-15(11)20-9-19-13/h1-4,14H,5-9H2/t14-,16-/m0/s1. The molecule has 0 aromatic heterocycles. The molecule has 3 heterocycles. The molecular weight excluding hydrogens is 254 g/mol. The zero-order valence-corrected chi connectivity index (χ0v) is 11.1. The molecule has 0 saturated carbocycles. The van der Waals surface area contributed by atoms with Crippen LogP contribution < -0.4 is 9.47 Å². The van der Waals surface area contributed by atoms with E-state index in [1.54, 1.807) is 6.08 Å². The van der Waals surface area contributed by atoms with Crippen LogP contribution in [0.15, 0.2) is 24.3 Å². The Kier molecular flexibility index (Phi) is 1.88. The van der Waals surface area contributed by atoms with Crippen molar-refractivity contribution in [1.29, 1.82) is 0 Å². The summed E-state index contributed by atoms with van der Waals surface area (Å²) in [4.78, 5) is 14.2. The summed E-state index contributed by atoms with van der Waals surface area (Å²) in [6, 6.07) is 4.53. The second kappa shape index (κ2) is 3.44. The topological polar surface area (TPSA) is 38.8 Å². The van der Waals surface area contributed by atoms with Crippen molar-refractivity contribution in [1.82, 2.24) is 4.90 Å². The first-order valence-electron chi connectivity index (χ1n) is 7.16. The molecule has 1 fully saturated rings. The van der Waals surface area contributed by atoms with Crippen LogP contribution in [0.2, 0.25) is 0 Å². The normalized spacial score (nSPS) is 35.9. The summed E-state index contributed by atoms with van der Waals surface area (Å²) in [5.41, 5.74) is 2.60. The number of benzene rings is 1. The Morgan fingerprint density at radius 3 is 3.20 bits per heavy atom. The third-order valence-corrected chi connectivity index (χ3v) is 5.31. The number of hydrogen-bond acceptors (Lipinski definition) is 4. The number of carbonyl (C=O) groups excluding carboxylic acids is 1. The fourth-order valence-electron chi connectivity index (χ4n) is 4.40. The first kappa shape index (κ1) is 10.9. The van der Waals surface area contributed by atoms with Crippen molar-refractivity contribution >= 4 is 5.78 Å². The van der Waals surface area contributed by atoms with E-state index < -0.39 is 0 Å². The number of nitrogens with zero attached hydrogens (tertiary/aromatic N) is 1. The lowest BCUT2D eigenvalue weighted by atomic mass is 9.67. The van der Waals surface area contributed by atoms with Gasteiger partial charge >= 0.3 is 0 Å². The van der Waals surface area contributed by atoms with Gasteiger partial charge in [-0.05, 0) is 24.1 Å². The lowest BCUT2D eigenvalue weighted by Gasteiger charge is -2.43. The highest BCUT2D eigenvalue weighted by molar-refractivity contribution is 5.92. The van der Waals surface area contributed by atoms with Gasteiger partial charge in [-0.1, -0.05) is 12.1 Å². The van der Waals surface area contributed by atoms with Gasteiger partial charge in [0, 0.05) is 36.5 Å². The molecule has 0 amide bonds. The predicted octanol–water partition coefficient (Wildman–Crippen LogP) is 1.77. The molecule has 1 aromatic rings. The average Bonchev–Trinajstić information content (AvgIpc) is 3.02. The number of ketones is 1. The highest BCUT2D eigenvalue weighted by Gasteiger charge is 2.53. The van der Waals surface area contributed by atoms with Gasteiger partial charge in [0.05, 0.1) is 0 Å². The minimum absolute atomic E-state index is 0.00245. The minimum atomic E-state index is 0.00245. The number of rotatable bonds is 0. The maximum absolute atomic E-state index is 11.8. The molecule has 1 aromatic carbocycles. The Hall–Kier alpha value is -1.81. The molecule has 0 spiro atoms. The number of ether oxygens (including phenoxy) is 2. The first-order chi connectivity index (χ1) is 9.78. The summed E-state index contributed by atoms with van der Waals surface area (Å²) < 4.78 is 11.2. The van der Waals surface area contributed by atoms with Gasteiger partial charge < -0.3 is 9.47 Å². The Morgan fingerprint density at radius 1 is 1.30 bits per heavy atom. The zero-order chi connectivity index (χ0) is 13.3. The maximum atomic E-state index is 11.8. The van der Waals surface area contributed by atoms with E-state index in [9.17, 15) is 4.79 Å². The van der Waals surface area contributed by atoms with E-state index in [-0.39, 0.29) is 11.2 Å². The van der Waals surface area contributed by atoms with E-state index in [1.807, 2.05) is 6.07 Å². The van der Waals surface area contributed by atoms with Crippen LogP contribution in [0.3, 0.4) is 0 Å². The molecular formula is C16H15NO3. The molecule has 20 heavy (non-hydrogen) atoms. The van der Waals surface area contributed by atoms with Gasteiger partial charge in [-0.3, -0.25) is 9.69 Å². The monoisotopic (exact) mass is 269 g/mol. The van der Waals surface area contributed by atoms with Crippen molar-refractivity contribution in [3.8, 4) is 11.5 Å². The second-order valence-corrected chi connectivity index (χ2v) is 6.11. The molecule has 4 heteroatoms. The van der Waals surface area contributed by atoms with Crippen molar-refractivity contribution in [3.63, 3.8) is 0 Å². The van der Waals surface area contributed by atoms with Gasteiger partial charge in [0.25, 0.3) is 0 Å². The Bertz CT molecular complexity index is 666. The lowest BCUT2D eigenvalue weighted by Crippen LogP contribution is -2.48. The van der Waals surface area contributed by atoms with Crippen molar-refractivity contribution in [2.24, 2.45) is 0 Å². The first-order valence-corrected chi connectivity index (χ1v) is 7.16. The van der Waals surface area contributed by atoms with E-state index in [4.69, 9.17) is 9.47 Å². The van der Waals surface area contributed by atoms with Crippen LogP contribution in [0.5, 0.6) is 11.5 Å². The summed E-state index contributed by atoms with van der Waals surface area (Å²) in [6.07, 6.45) is 5.65. The molecule has 3 aliphatic heterocycles. The highest BCUT2D eigenvalue weighted by atomic mass is 16.7. The molecule has 3 atom stereocenters. The van der Waals surface area contributed by atoms with Crippen molar-refractivity contribution in [2.75, 3.05) is 13.3 Å². The van der Waals surface area contributed by atoms with Crippen LogP contribution in [0.25, 0.3) is 0 Å². The van der Waals surface area contributed by atoms with Crippen molar-refractivity contribution in [2.45, 2.75) is 30.8 Å². The minimum Gasteiger partial charge on any atom is -0.454 e. The summed E-state index contributed by atoms with van der Waals surface area (Å²) in [5.74, 6) is 2.02. The van der Waals surface area contributed by atoms with Gasteiger partial charge in [0.2, 0.25) is 6.79 Å². The summed E-state index contributed by atoms with van der Waals surface area (Å²) in [5, 5.41) is 0. The predicted molar refractivity (Wildman–Crippen MR) is 71.8 cm³/mol. The van der Waals surface area contributed by atoms with Crippen LogP contribution in [-0.2, 0) is 16.8 Å². The molecule has 102 valence electrons. The van der Waals surface area contributed by atoms with Crippen molar-refractivity contribution < 1.29 is 14.3 Å². The largest absolute Gasteiger partial charge is 0.454 e. The quantitative estimate of drug-likeness (QED) is 0.719. The van der Waals surface area contributed by atoms with Crippen molar-refractivity contribution in [3.05, 3.63) is 35.4 Å². The smallest absolute Gasteiger partial charge is 0.231 e. The number of fused-ring (bicyclic) bond motifs is 3. The van der Waals surface area contributed by atoms with Crippen LogP contribution in [-0.4, -0.2) is 30.1 Å². The van der Waals surface area contributed by atoms with Crippen LogP contribution in [0, 0.1) is 0 Å². The van der Waals surface area contributed by atoms with E-state index >= 15 is 0 Å². The van der Waals surface area contributed by atoms with Crippen LogP contribution >= 0.6 is 0 Å². The Labute approximate surface area is 117 Å². The number of hydrogen-bond donors (Lipinski definition) is 0. The molecule has 4 aliphatic rings. The van der Waals surface area contributed by atoms with E-state index in [2.05, 4.69) is 17.0 Å². The lowest BCUT2D eigenvalue weighted by molar-refractivity contribution is -0.116. The molecule has 5 rings (SSSR count). The zero-order valence-electron chi connectivity index (χ0n) is 11.1. The number of allylic oxidation sites excluding steroid dienone is 1. The fourth-order valence-corrected chi connectivity index (χ4v) is 4.40. The average molecular weight is 269 g/mol. The second-order valence-electron chi connectivity index (χ2n) is 6.11. The van der Waals surface area contributed by atoms with Gasteiger partial charge in [0.15, 0.2) is 17.3 Å². The van der Waals surface area contributed by atoms with Gasteiger partial charge in [-0.25, -0.2) is 0 Å². The summed E-state index contributed by atoms with van der Waals surface area (Å²) >= 11 is 0. The molecule has 0 N–H and O–H groups in total. The molecule has 1 saturated heterocycles. The SMILES string of the molecule is O=C1C=C[C@]23CCN(Cc4c2ccc2c4OCO2)[C@H]3C1. The van der Waals surface area contributed by atoms with Crippen LogP contribution in [0.4, 0.5) is 0 Å². The third-order valence-electron chi connectivity index (χ3n) is 5.31. The molecule has 0 radical (unpaired) electrons. The van der Waals surface area contributed by atoms with E-state index in [1.165, 1.54) is 11.1 Å².